The highest BCUT2D eigenvalue weighted by atomic mass is 14.4. The molecule has 0 fully saturated rings. The van der Waals surface area contributed by atoms with Crippen molar-refractivity contribution in [3.05, 3.63) is 71.8 Å². The predicted octanol–water partition coefficient (Wildman–Crippen LogP) is 5.63. The van der Waals surface area contributed by atoms with Crippen LogP contribution in [0.25, 0.3) is 44.4 Å². The molecule has 0 spiro atoms. The minimum Gasteiger partial charge on any atom is -0.0616 e. The largest absolute Gasteiger partial charge is 0.0630 e. The highest BCUT2D eigenvalue weighted by Gasteiger charge is 2.14. The lowest BCUT2D eigenvalue weighted by Crippen LogP contribution is -1.84. The Labute approximate surface area is 119 Å². The zero-order chi connectivity index (χ0) is 14.8. The van der Waals surface area contributed by atoms with Crippen LogP contribution in [0, 0.1) is 0 Å². The van der Waals surface area contributed by atoms with Crippen LogP contribution in [-0.2, 0) is 0 Å². The van der Waals surface area contributed by atoms with Gasteiger partial charge < -0.3 is 0 Å². The average Bonchev–Trinajstić information content (AvgIpc) is 2.81. The zero-order valence-electron chi connectivity index (χ0n) is 12.8. The second kappa shape index (κ2) is 3.49. The molecule has 0 nitrogen and oxygen atoms in total. The monoisotopic (exact) mass is 256 g/mol. The van der Waals surface area contributed by atoms with E-state index in [0.717, 1.165) is 38.1 Å². The summed E-state index contributed by atoms with van der Waals surface area (Å²) in [5, 5.41) is 6.73. The maximum absolute atomic E-state index is 8.42. The molecule has 1 aliphatic rings. The van der Waals surface area contributed by atoms with Gasteiger partial charge in [-0.25, -0.2) is 0 Å². The van der Waals surface area contributed by atoms with E-state index in [2.05, 4.69) is 36.4 Å². The molecule has 0 heteroatoms. The minimum absolute atomic E-state index is 0.335. The topological polar surface area (TPSA) is 0 Å². The molecule has 20 heavy (non-hydrogen) atoms. The van der Waals surface area contributed by atoms with E-state index in [9.17, 15) is 0 Å². The van der Waals surface area contributed by atoms with Crippen LogP contribution in [0.5, 0.6) is 0 Å². The van der Waals surface area contributed by atoms with E-state index in [4.69, 9.17) is 2.74 Å². The molecule has 0 N–H and O–H groups in total. The molecular weight excluding hydrogens is 242 g/mol. The van der Waals surface area contributed by atoms with Crippen LogP contribution in [0.3, 0.4) is 0 Å². The number of fused-ring (bicyclic) bond motifs is 4. The van der Waals surface area contributed by atoms with Crippen LogP contribution in [0.15, 0.2) is 60.7 Å². The van der Waals surface area contributed by atoms with Crippen molar-refractivity contribution in [2.75, 3.05) is 0 Å². The lowest BCUT2D eigenvalue weighted by Gasteiger charge is -2.10. The van der Waals surface area contributed by atoms with Gasteiger partial charge in [-0.2, -0.15) is 0 Å². The highest BCUT2D eigenvalue weighted by molar-refractivity contribution is 6.22. The van der Waals surface area contributed by atoms with Crippen LogP contribution in [0.2, 0.25) is 0 Å². The fourth-order valence-corrected chi connectivity index (χ4v) is 3.29. The molecule has 5 rings (SSSR count). The van der Waals surface area contributed by atoms with Gasteiger partial charge >= 0.3 is 0 Å². The molecule has 0 aromatic heterocycles. The van der Waals surface area contributed by atoms with Crippen molar-refractivity contribution in [1.82, 2.24) is 0 Å². The van der Waals surface area contributed by atoms with Gasteiger partial charge in [0.25, 0.3) is 0 Å². The summed E-state index contributed by atoms with van der Waals surface area (Å²) >= 11 is 0. The Morgan fingerprint density at radius 3 is 2.20 bits per heavy atom. The van der Waals surface area contributed by atoms with E-state index < -0.39 is 0 Å². The molecule has 92 valence electrons. The standard InChI is InChI=1S/C20H12/c1-4-8-17-13(5-1)11-15-9-10-18-16-7-3-2-6-14(16)12-19(17)20(15)18/h1-12H/i9+1D,10+1D. The molecule has 1 aliphatic carbocycles. The van der Waals surface area contributed by atoms with Crippen LogP contribution >= 0.6 is 0 Å². The Bertz CT molecular complexity index is 1140. The molecule has 0 unspecified atom stereocenters. The molecule has 4 aromatic carbocycles. The van der Waals surface area contributed by atoms with Gasteiger partial charge in [0.05, 0.1) is 2.74 Å². The first kappa shape index (κ1) is 8.55. The lowest BCUT2D eigenvalue weighted by molar-refractivity contribution is 1.75. The Hall–Kier alpha value is -2.60. The number of hydrogen-bond acceptors (Lipinski definition) is 0. The first-order valence-corrected chi connectivity index (χ1v) is 6.81. The van der Waals surface area contributed by atoms with Crippen LogP contribution in [-0.4, -0.2) is 0 Å². The maximum atomic E-state index is 8.42. The van der Waals surface area contributed by atoms with Crippen molar-refractivity contribution in [3.8, 4) is 0 Å². The van der Waals surface area contributed by atoms with Crippen molar-refractivity contribution in [2.24, 2.45) is 0 Å². The Morgan fingerprint density at radius 1 is 0.650 bits per heavy atom. The van der Waals surface area contributed by atoms with Gasteiger partial charge in [-0.05, 0) is 55.6 Å². The molecule has 0 atom stereocenters. The van der Waals surface area contributed by atoms with Crippen LogP contribution in [0.1, 0.15) is 13.9 Å². The summed E-state index contributed by atoms with van der Waals surface area (Å²) in [7, 11) is 0. The first-order valence-electron chi connectivity index (χ1n) is 7.81. The SMILES string of the molecule is [2H][13C]1=[13C]([2H])c2c3ccccc3cc3c2c1cc1ccccc13. The summed E-state index contributed by atoms with van der Waals surface area (Å²) in [5.74, 6) is 0. The quantitative estimate of drug-likeness (QED) is 0.217. The van der Waals surface area contributed by atoms with Crippen molar-refractivity contribution < 1.29 is 2.74 Å². The second-order valence-corrected chi connectivity index (χ2v) is 5.29. The summed E-state index contributed by atoms with van der Waals surface area (Å²) in [4.78, 5) is 0. The average molecular weight is 256 g/mol. The Kier molecular flexibility index (Phi) is 1.49. The van der Waals surface area contributed by atoms with E-state index >= 15 is 0 Å². The van der Waals surface area contributed by atoms with E-state index in [1.807, 2.05) is 24.3 Å². The molecule has 0 radical (unpaired) electrons. The maximum Gasteiger partial charge on any atom is 0.0630 e. The van der Waals surface area contributed by atoms with Crippen LogP contribution in [0.4, 0.5) is 0 Å². The first-order chi connectivity index (χ1) is 10.8. The molecule has 4 aromatic rings. The molecule has 0 saturated heterocycles. The van der Waals surface area contributed by atoms with Crippen molar-refractivity contribution >= 4 is 44.4 Å². The van der Waals surface area contributed by atoms with Gasteiger partial charge in [-0.15, -0.1) is 0 Å². The van der Waals surface area contributed by atoms with E-state index in [0.29, 0.717) is 12.1 Å². The number of hydrogen-bond donors (Lipinski definition) is 0. The van der Waals surface area contributed by atoms with Crippen molar-refractivity contribution in [1.29, 1.82) is 0 Å². The van der Waals surface area contributed by atoms with Crippen molar-refractivity contribution in [3.63, 3.8) is 0 Å². The van der Waals surface area contributed by atoms with E-state index in [1.165, 1.54) is 5.39 Å². The van der Waals surface area contributed by atoms with Crippen LogP contribution < -0.4 is 0 Å². The van der Waals surface area contributed by atoms with Gasteiger partial charge in [0.15, 0.2) is 0 Å². The smallest absolute Gasteiger partial charge is 0.0616 e. The molecule has 0 bridgehead atoms. The molecule has 0 saturated carbocycles. The van der Waals surface area contributed by atoms with E-state index in [-0.39, 0.29) is 0 Å². The summed E-state index contributed by atoms with van der Waals surface area (Å²) in [5.41, 5.74) is 1.80. The summed E-state index contributed by atoms with van der Waals surface area (Å²) in [6.07, 6.45) is 0. The third-order valence-corrected chi connectivity index (χ3v) is 4.19. The normalized spacial score (nSPS) is 15.2. The van der Waals surface area contributed by atoms with Gasteiger partial charge in [-0.1, -0.05) is 60.6 Å². The third kappa shape index (κ3) is 1.16. The van der Waals surface area contributed by atoms with E-state index in [1.54, 1.807) is 0 Å². The minimum atomic E-state index is 0.335. The Balaban J connectivity index is 2.18. The fraction of sp³-hybridized carbons (Fsp3) is 0. The number of rotatable bonds is 0. The van der Waals surface area contributed by atoms with Crippen molar-refractivity contribution in [2.45, 2.75) is 0 Å². The number of benzene rings is 4. The molecule has 0 heterocycles. The third-order valence-electron chi connectivity index (χ3n) is 4.19. The van der Waals surface area contributed by atoms with Gasteiger partial charge in [0, 0.05) is 0 Å². The zero-order valence-corrected chi connectivity index (χ0v) is 10.8. The predicted molar refractivity (Wildman–Crippen MR) is 87.9 cm³/mol. The van der Waals surface area contributed by atoms with Gasteiger partial charge in [0.2, 0.25) is 0 Å². The molecule has 0 aliphatic heterocycles. The fourth-order valence-electron chi connectivity index (χ4n) is 3.29. The molecular formula is C20H12. The second-order valence-electron chi connectivity index (χ2n) is 5.29. The van der Waals surface area contributed by atoms with Gasteiger partial charge in [0.1, 0.15) is 0 Å². The summed E-state index contributed by atoms with van der Waals surface area (Å²) in [6, 6.07) is 21.4. The lowest BCUT2D eigenvalue weighted by atomic mass is 9.95. The Morgan fingerprint density at radius 2 is 1.35 bits per heavy atom. The summed E-state index contributed by atoms with van der Waals surface area (Å²) in [6.45, 7) is 0. The summed E-state index contributed by atoms with van der Waals surface area (Å²) < 4.78 is 16.8. The highest BCUT2D eigenvalue weighted by Crippen LogP contribution is 2.40. The van der Waals surface area contributed by atoms with Gasteiger partial charge in [-0.3, -0.25) is 0 Å². The molecule has 0 amide bonds.